The molecule has 0 aliphatic carbocycles. The van der Waals surface area contributed by atoms with Crippen molar-refractivity contribution in [1.29, 1.82) is 0 Å². The number of amides is 1. The van der Waals surface area contributed by atoms with Crippen LogP contribution in [0.4, 0.5) is 0 Å². The number of hydrogen-bond acceptors (Lipinski definition) is 4. The highest BCUT2D eigenvalue weighted by Crippen LogP contribution is 2.37. The molecule has 0 aliphatic heterocycles. The molecule has 6 heteroatoms. The minimum Gasteiger partial charge on any atom is -0.493 e. The van der Waals surface area contributed by atoms with Crippen molar-refractivity contribution >= 4 is 21.8 Å². The van der Waals surface area contributed by atoms with Crippen LogP contribution in [0, 0.1) is 0 Å². The van der Waals surface area contributed by atoms with Crippen LogP contribution in [0.25, 0.3) is 0 Å². The van der Waals surface area contributed by atoms with Crippen molar-refractivity contribution in [2.24, 2.45) is 0 Å². The maximum atomic E-state index is 11.9. The molecule has 1 aromatic carbocycles. The van der Waals surface area contributed by atoms with E-state index in [4.69, 9.17) is 14.6 Å². The summed E-state index contributed by atoms with van der Waals surface area (Å²) >= 11 is 3.36. The fraction of sp³-hybridized carbons (Fsp3) is 0.500. The normalized spacial score (nSPS) is 12.2. The van der Waals surface area contributed by atoms with E-state index < -0.39 is 6.10 Å². The number of hydrogen-bond donors (Lipinski definition) is 2. The van der Waals surface area contributed by atoms with Crippen LogP contribution in [0.3, 0.4) is 0 Å². The number of halogens is 1. The average Bonchev–Trinajstić information content (AvgIpc) is 2.39. The Balaban J connectivity index is 2.94. The predicted octanol–water partition coefficient (Wildman–Crippen LogP) is 2.24. The summed E-state index contributed by atoms with van der Waals surface area (Å²) in [5, 5.41) is 11.9. The zero-order valence-corrected chi connectivity index (χ0v) is 13.7. The lowest BCUT2D eigenvalue weighted by molar-refractivity contribution is -0.127. The maximum absolute atomic E-state index is 11.9. The van der Waals surface area contributed by atoms with E-state index >= 15 is 0 Å². The van der Waals surface area contributed by atoms with Crippen molar-refractivity contribution in [3.05, 3.63) is 22.2 Å². The molecule has 0 heterocycles. The lowest BCUT2D eigenvalue weighted by atomic mass is 10.2. The monoisotopic (exact) mass is 345 g/mol. The van der Waals surface area contributed by atoms with Gasteiger partial charge in [0.15, 0.2) is 17.6 Å². The number of ether oxygens (including phenoxy) is 2. The van der Waals surface area contributed by atoms with E-state index in [-0.39, 0.29) is 18.6 Å². The number of methoxy groups -OCH3 is 1. The Morgan fingerprint density at radius 2 is 2.05 bits per heavy atom. The molecule has 0 saturated heterocycles. The summed E-state index contributed by atoms with van der Waals surface area (Å²) in [6.07, 6.45) is -0.650. The van der Waals surface area contributed by atoms with Gasteiger partial charge in [-0.15, -0.1) is 0 Å². The van der Waals surface area contributed by atoms with E-state index in [1.165, 1.54) is 7.11 Å². The second kappa shape index (κ2) is 7.50. The van der Waals surface area contributed by atoms with Crippen LogP contribution in [-0.2, 0) is 11.4 Å². The van der Waals surface area contributed by atoms with Gasteiger partial charge < -0.3 is 19.9 Å². The fourth-order valence-corrected chi connectivity index (χ4v) is 2.19. The molecule has 0 saturated carbocycles. The van der Waals surface area contributed by atoms with Crippen molar-refractivity contribution in [2.45, 2.75) is 39.5 Å². The molecule has 0 aliphatic rings. The van der Waals surface area contributed by atoms with Crippen molar-refractivity contribution in [3.63, 3.8) is 0 Å². The SMILES string of the molecule is COc1cc(CO)cc(Br)c1OC(C)C(=O)NC(C)C. The third-order valence-electron chi connectivity index (χ3n) is 2.57. The third-order valence-corrected chi connectivity index (χ3v) is 3.16. The van der Waals surface area contributed by atoms with Crippen LogP contribution < -0.4 is 14.8 Å². The Bertz CT molecular complexity index is 476. The van der Waals surface area contributed by atoms with Gasteiger partial charge in [0.25, 0.3) is 5.91 Å². The van der Waals surface area contributed by atoms with Gasteiger partial charge in [0.05, 0.1) is 18.2 Å². The smallest absolute Gasteiger partial charge is 0.260 e. The van der Waals surface area contributed by atoms with Gasteiger partial charge in [0, 0.05) is 6.04 Å². The van der Waals surface area contributed by atoms with Crippen LogP contribution in [-0.4, -0.2) is 30.3 Å². The van der Waals surface area contributed by atoms with E-state index in [0.29, 0.717) is 21.5 Å². The van der Waals surface area contributed by atoms with Crippen LogP contribution >= 0.6 is 15.9 Å². The van der Waals surface area contributed by atoms with Crippen molar-refractivity contribution in [3.8, 4) is 11.5 Å². The van der Waals surface area contributed by atoms with Gasteiger partial charge in [-0.2, -0.15) is 0 Å². The highest BCUT2D eigenvalue weighted by molar-refractivity contribution is 9.10. The summed E-state index contributed by atoms with van der Waals surface area (Å²) in [6, 6.07) is 3.45. The maximum Gasteiger partial charge on any atom is 0.260 e. The van der Waals surface area contributed by atoms with Crippen LogP contribution in [0.2, 0.25) is 0 Å². The van der Waals surface area contributed by atoms with E-state index in [9.17, 15) is 4.79 Å². The molecule has 5 nitrogen and oxygen atoms in total. The van der Waals surface area contributed by atoms with Gasteiger partial charge in [-0.05, 0) is 54.4 Å². The largest absolute Gasteiger partial charge is 0.493 e. The Hall–Kier alpha value is -1.27. The first-order valence-electron chi connectivity index (χ1n) is 6.33. The number of nitrogens with one attached hydrogen (secondary N) is 1. The average molecular weight is 346 g/mol. The zero-order chi connectivity index (χ0) is 15.3. The topological polar surface area (TPSA) is 67.8 Å². The van der Waals surface area contributed by atoms with Gasteiger partial charge in [0.1, 0.15) is 0 Å². The Morgan fingerprint density at radius 3 is 2.55 bits per heavy atom. The summed E-state index contributed by atoms with van der Waals surface area (Å²) in [4.78, 5) is 11.9. The molecule has 112 valence electrons. The molecule has 20 heavy (non-hydrogen) atoms. The molecule has 0 bridgehead atoms. The number of benzene rings is 1. The van der Waals surface area contributed by atoms with E-state index in [2.05, 4.69) is 21.2 Å². The molecule has 1 aromatic rings. The van der Waals surface area contributed by atoms with Crippen molar-refractivity contribution in [1.82, 2.24) is 5.32 Å². The molecular formula is C14H20BrNO4. The zero-order valence-electron chi connectivity index (χ0n) is 12.1. The first kappa shape index (κ1) is 16.8. The highest BCUT2D eigenvalue weighted by Gasteiger charge is 2.20. The minimum absolute atomic E-state index is 0.0515. The number of aliphatic hydroxyl groups is 1. The Kier molecular flexibility index (Phi) is 6.29. The number of carbonyl (C=O) groups excluding carboxylic acids is 1. The van der Waals surface area contributed by atoms with Crippen molar-refractivity contribution in [2.75, 3.05) is 7.11 Å². The Labute approximate surface area is 127 Å². The van der Waals surface area contributed by atoms with Crippen molar-refractivity contribution < 1.29 is 19.4 Å². The number of carbonyl (C=O) groups is 1. The molecule has 0 aromatic heterocycles. The highest BCUT2D eigenvalue weighted by atomic mass is 79.9. The van der Waals surface area contributed by atoms with Gasteiger partial charge in [-0.25, -0.2) is 0 Å². The lowest BCUT2D eigenvalue weighted by Gasteiger charge is -2.19. The quantitative estimate of drug-likeness (QED) is 0.829. The summed E-state index contributed by atoms with van der Waals surface area (Å²) in [5.74, 6) is 0.712. The minimum atomic E-state index is -0.650. The molecule has 1 rings (SSSR count). The Morgan fingerprint density at radius 1 is 1.40 bits per heavy atom. The molecule has 0 fully saturated rings. The van der Waals surface area contributed by atoms with Gasteiger partial charge in [-0.3, -0.25) is 4.79 Å². The predicted molar refractivity (Wildman–Crippen MR) is 80.0 cm³/mol. The van der Waals surface area contributed by atoms with Gasteiger partial charge in [0.2, 0.25) is 0 Å². The van der Waals surface area contributed by atoms with E-state index in [1.54, 1.807) is 19.1 Å². The molecule has 1 amide bonds. The molecule has 2 N–H and O–H groups in total. The standard InChI is InChI=1S/C14H20BrNO4/c1-8(2)16-14(18)9(3)20-13-11(15)5-10(7-17)6-12(13)19-4/h5-6,8-9,17H,7H2,1-4H3,(H,16,18). The molecular weight excluding hydrogens is 326 g/mol. The fourth-order valence-electron chi connectivity index (χ4n) is 1.61. The van der Waals surface area contributed by atoms with Crippen LogP contribution in [0.1, 0.15) is 26.3 Å². The van der Waals surface area contributed by atoms with Gasteiger partial charge >= 0.3 is 0 Å². The number of aliphatic hydroxyl groups excluding tert-OH is 1. The summed E-state index contributed by atoms with van der Waals surface area (Å²) in [5.41, 5.74) is 0.695. The molecule has 1 atom stereocenters. The third kappa shape index (κ3) is 4.38. The van der Waals surface area contributed by atoms with Gasteiger partial charge in [-0.1, -0.05) is 0 Å². The first-order chi connectivity index (χ1) is 9.38. The first-order valence-corrected chi connectivity index (χ1v) is 7.12. The summed E-state index contributed by atoms with van der Waals surface area (Å²) in [7, 11) is 1.51. The second-order valence-corrected chi connectivity index (χ2v) is 5.54. The number of rotatable bonds is 6. The molecule has 1 unspecified atom stereocenters. The molecule has 0 spiro atoms. The lowest BCUT2D eigenvalue weighted by Crippen LogP contribution is -2.40. The molecule has 0 radical (unpaired) electrons. The van der Waals surface area contributed by atoms with Crippen LogP contribution in [0.15, 0.2) is 16.6 Å². The van der Waals surface area contributed by atoms with E-state index in [1.807, 2.05) is 13.8 Å². The summed E-state index contributed by atoms with van der Waals surface area (Å²) < 4.78 is 11.5. The van der Waals surface area contributed by atoms with E-state index in [0.717, 1.165) is 0 Å². The summed E-state index contributed by atoms with van der Waals surface area (Å²) in [6.45, 7) is 5.34. The second-order valence-electron chi connectivity index (χ2n) is 4.69. The van der Waals surface area contributed by atoms with Crippen LogP contribution in [0.5, 0.6) is 11.5 Å².